The van der Waals surface area contributed by atoms with E-state index in [1.54, 1.807) is 7.11 Å². The molecule has 0 aliphatic carbocycles. The third-order valence-corrected chi connectivity index (χ3v) is 3.62. The van der Waals surface area contributed by atoms with E-state index in [0.717, 1.165) is 12.2 Å². The van der Waals surface area contributed by atoms with Gasteiger partial charge in [-0.25, -0.2) is 0 Å². The summed E-state index contributed by atoms with van der Waals surface area (Å²) in [6.45, 7) is 6.49. The van der Waals surface area contributed by atoms with E-state index in [0.29, 0.717) is 6.04 Å². The molecular weight excluding hydrogens is 246 g/mol. The highest BCUT2D eigenvalue weighted by atomic mass is 16.5. The minimum Gasteiger partial charge on any atom is -0.497 e. The van der Waals surface area contributed by atoms with Gasteiger partial charge >= 0.3 is 0 Å². The molecule has 0 saturated heterocycles. The van der Waals surface area contributed by atoms with Crippen LogP contribution in [0.1, 0.15) is 23.6 Å². The SMILES string of the molecule is COc1ccc(CC(C)Nc2ccc(C)c(C)c2)cc1. The highest BCUT2D eigenvalue weighted by molar-refractivity contribution is 5.48. The van der Waals surface area contributed by atoms with Gasteiger partial charge in [0.1, 0.15) is 5.75 Å². The van der Waals surface area contributed by atoms with Crippen molar-refractivity contribution in [2.45, 2.75) is 33.2 Å². The van der Waals surface area contributed by atoms with Crippen LogP contribution >= 0.6 is 0 Å². The van der Waals surface area contributed by atoms with E-state index in [1.165, 1.54) is 22.4 Å². The molecule has 0 saturated carbocycles. The van der Waals surface area contributed by atoms with Gasteiger partial charge in [-0.3, -0.25) is 0 Å². The fourth-order valence-corrected chi connectivity index (χ4v) is 2.28. The number of ether oxygens (including phenoxy) is 1. The highest BCUT2D eigenvalue weighted by Gasteiger charge is 2.05. The fourth-order valence-electron chi connectivity index (χ4n) is 2.28. The summed E-state index contributed by atoms with van der Waals surface area (Å²) in [5, 5.41) is 3.56. The molecule has 0 bridgehead atoms. The van der Waals surface area contributed by atoms with Crippen LogP contribution in [-0.2, 0) is 6.42 Å². The summed E-state index contributed by atoms with van der Waals surface area (Å²) >= 11 is 0. The Labute approximate surface area is 121 Å². The fraction of sp³-hybridized carbons (Fsp3) is 0.333. The lowest BCUT2D eigenvalue weighted by Crippen LogP contribution is -2.18. The van der Waals surface area contributed by atoms with E-state index in [9.17, 15) is 0 Å². The molecule has 2 aromatic rings. The summed E-state index contributed by atoms with van der Waals surface area (Å²) in [5.74, 6) is 0.906. The van der Waals surface area contributed by atoms with Gasteiger partial charge in [0.05, 0.1) is 7.11 Å². The quantitative estimate of drug-likeness (QED) is 0.871. The Morgan fingerprint density at radius 1 is 1.00 bits per heavy atom. The van der Waals surface area contributed by atoms with Gasteiger partial charge in [-0.05, 0) is 68.1 Å². The van der Waals surface area contributed by atoms with Crippen molar-refractivity contribution in [1.29, 1.82) is 0 Å². The first kappa shape index (κ1) is 14.4. The molecule has 0 fully saturated rings. The van der Waals surface area contributed by atoms with Crippen molar-refractivity contribution in [2.75, 3.05) is 12.4 Å². The van der Waals surface area contributed by atoms with Gasteiger partial charge < -0.3 is 10.1 Å². The lowest BCUT2D eigenvalue weighted by atomic mass is 10.1. The van der Waals surface area contributed by atoms with Gasteiger partial charge in [0.25, 0.3) is 0 Å². The van der Waals surface area contributed by atoms with Gasteiger partial charge in [0.15, 0.2) is 0 Å². The highest BCUT2D eigenvalue weighted by Crippen LogP contribution is 2.17. The zero-order valence-corrected chi connectivity index (χ0v) is 12.7. The lowest BCUT2D eigenvalue weighted by molar-refractivity contribution is 0.414. The van der Waals surface area contributed by atoms with Crippen molar-refractivity contribution in [3.8, 4) is 5.75 Å². The molecule has 0 aliphatic heterocycles. The molecule has 0 radical (unpaired) electrons. The van der Waals surface area contributed by atoms with Crippen molar-refractivity contribution in [2.24, 2.45) is 0 Å². The van der Waals surface area contributed by atoms with Crippen molar-refractivity contribution in [3.63, 3.8) is 0 Å². The van der Waals surface area contributed by atoms with E-state index in [1.807, 2.05) is 12.1 Å². The minimum atomic E-state index is 0.394. The number of anilines is 1. The topological polar surface area (TPSA) is 21.3 Å². The molecule has 1 unspecified atom stereocenters. The van der Waals surface area contributed by atoms with E-state index >= 15 is 0 Å². The molecule has 0 amide bonds. The van der Waals surface area contributed by atoms with Crippen LogP contribution in [0, 0.1) is 13.8 Å². The van der Waals surface area contributed by atoms with Crippen LogP contribution in [0.15, 0.2) is 42.5 Å². The number of hydrogen-bond donors (Lipinski definition) is 1. The zero-order chi connectivity index (χ0) is 14.5. The van der Waals surface area contributed by atoms with Crippen LogP contribution in [0.2, 0.25) is 0 Å². The standard InChI is InChI=1S/C18H23NO/c1-13-5-8-17(11-14(13)2)19-15(3)12-16-6-9-18(20-4)10-7-16/h5-11,15,19H,12H2,1-4H3. The molecule has 1 atom stereocenters. The monoisotopic (exact) mass is 269 g/mol. The van der Waals surface area contributed by atoms with Crippen LogP contribution < -0.4 is 10.1 Å². The van der Waals surface area contributed by atoms with Gasteiger partial charge in [-0.2, -0.15) is 0 Å². The van der Waals surface area contributed by atoms with E-state index < -0.39 is 0 Å². The largest absolute Gasteiger partial charge is 0.497 e. The number of hydrogen-bond acceptors (Lipinski definition) is 2. The molecule has 2 nitrogen and oxygen atoms in total. The number of nitrogens with one attached hydrogen (secondary N) is 1. The molecule has 0 aromatic heterocycles. The Morgan fingerprint density at radius 3 is 2.30 bits per heavy atom. The number of rotatable bonds is 5. The molecule has 20 heavy (non-hydrogen) atoms. The Hall–Kier alpha value is -1.96. The maximum absolute atomic E-state index is 5.18. The summed E-state index contributed by atoms with van der Waals surface area (Å²) in [4.78, 5) is 0. The molecule has 106 valence electrons. The van der Waals surface area contributed by atoms with Crippen LogP contribution in [0.5, 0.6) is 5.75 Å². The first-order valence-electron chi connectivity index (χ1n) is 7.05. The second kappa shape index (κ2) is 6.47. The Balaban J connectivity index is 1.97. The first-order chi connectivity index (χ1) is 9.58. The Morgan fingerprint density at radius 2 is 1.70 bits per heavy atom. The maximum atomic E-state index is 5.18. The molecule has 0 aliphatic rings. The molecule has 0 heterocycles. The molecule has 0 spiro atoms. The average Bonchev–Trinajstić information content (AvgIpc) is 2.44. The van der Waals surface area contributed by atoms with Crippen LogP contribution in [0.4, 0.5) is 5.69 Å². The molecule has 1 N–H and O–H groups in total. The maximum Gasteiger partial charge on any atom is 0.118 e. The second-order valence-electron chi connectivity index (χ2n) is 5.40. The summed E-state index contributed by atoms with van der Waals surface area (Å²) in [6.07, 6.45) is 0.997. The van der Waals surface area contributed by atoms with Crippen molar-refractivity contribution < 1.29 is 4.74 Å². The molecule has 2 aromatic carbocycles. The average molecular weight is 269 g/mol. The smallest absolute Gasteiger partial charge is 0.118 e. The van der Waals surface area contributed by atoms with Gasteiger partial charge in [-0.15, -0.1) is 0 Å². The summed E-state index contributed by atoms with van der Waals surface area (Å²) < 4.78 is 5.18. The van der Waals surface area contributed by atoms with Crippen LogP contribution in [0.25, 0.3) is 0 Å². The second-order valence-corrected chi connectivity index (χ2v) is 5.40. The van der Waals surface area contributed by atoms with Gasteiger partial charge in [-0.1, -0.05) is 18.2 Å². The van der Waals surface area contributed by atoms with E-state index in [-0.39, 0.29) is 0 Å². The molecular formula is C18H23NO. The lowest BCUT2D eigenvalue weighted by Gasteiger charge is -2.16. The van der Waals surface area contributed by atoms with E-state index in [4.69, 9.17) is 4.74 Å². The van der Waals surface area contributed by atoms with Gasteiger partial charge in [0.2, 0.25) is 0 Å². The van der Waals surface area contributed by atoms with Crippen molar-refractivity contribution in [1.82, 2.24) is 0 Å². The molecule has 2 rings (SSSR count). The van der Waals surface area contributed by atoms with Crippen LogP contribution in [-0.4, -0.2) is 13.2 Å². The third kappa shape index (κ3) is 3.77. The number of aryl methyl sites for hydroxylation is 2. The summed E-state index contributed by atoms with van der Waals surface area (Å²) in [5.41, 5.74) is 5.16. The third-order valence-electron chi connectivity index (χ3n) is 3.62. The first-order valence-corrected chi connectivity index (χ1v) is 7.05. The van der Waals surface area contributed by atoms with Gasteiger partial charge in [0, 0.05) is 11.7 Å². The van der Waals surface area contributed by atoms with E-state index in [2.05, 4.69) is 56.4 Å². The number of benzene rings is 2. The zero-order valence-electron chi connectivity index (χ0n) is 12.7. The summed E-state index contributed by atoms with van der Waals surface area (Å²) in [6, 6.07) is 15.2. The summed E-state index contributed by atoms with van der Waals surface area (Å²) in [7, 11) is 1.69. The van der Waals surface area contributed by atoms with Crippen LogP contribution in [0.3, 0.4) is 0 Å². The van der Waals surface area contributed by atoms with Crippen molar-refractivity contribution in [3.05, 3.63) is 59.2 Å². The minimum absolute atomic E-state index is 0.394. The predicted octanol–water partition coefficient (Wildman–Crippen LogP) is 4.36. The number of methoxy groups -OCH3 is 1. The van der Waals surface area contributed by atoms with Crippen molar-refractivity contribution >= 4 is 5.69 Å². The molecule has 2 heteroatoms. The predicted molar refractivity (Wildman–Crippen MR) is 85.7 cm³/mol. The Kier molecular flexibility index (Phi) is 4.67. The Bertz CT molecular complexity index is 560. The normalized spacial score (nSPS) is 12.0.